The topological polar surface area (TPSA) is 52.6 Å². The molecule has 1 unspecified atom stereocenters. The van der Waals surface area contributed by atoms with Gasteiger partial charge in [0.25, 0.3) is 0 Å². The summed E-state index contributed by atoms with van der Waals surface area (Å²) in [6, 6.07) is 0. The van der Waals surface area contributed by atoms with Gasteiger partial charge in [-0.1, -0.05) is 0 Å². The fourth-order valence-electron chi connectivity index (χ4n) is 1.97. The molecule has 0 saturated carbocycles. The molecule has 0 bridgehead atoms. The molecule has 0 aliphatic carbocycles. The zero-order valence-corrected chi connectivity index (χ0v) is 15.0. The van der Waals surface area contributed by atoms with Crippen LogP contribution in [0.3, 0.4) is 0 Å². The first kappa shape index (κ1) is 20.5. The maximum absolute atomic E-state index is 13.2. The van der Waals surface area contributed by atoms with Crippen molar-refractivity contribution in [2.75, 3.05) is 0 Å². The monoisotopic (exact) mass is 366 g/mol. The van der Waals surface area contributed by atoms with Gasteiger partial charge in [-0.05, 0) is 40.2 Å². The molecule has 0 amide bonds. The summed E-state index contributed by atoms with van der Waals surface area (Å²) in [4.78, 5) is 24.0. The lowest BCUT2D eigenvalue weighted by Crippen LogP contribution is -2.35. The maximum atomic E-state index is 13.2. The minimum Gasteiger partial charge on any atom is -0.462 e. The van der Waals surface area contributed by atoms with Crippen molar-refractivity contribution in [2.45, 2.75) is 59.4 Å². The number of carbonyl (C=O) groups excluding carboxylic acids is 2. The van der Waals surface area contributed by atoms with Crippen molar-refractivity contribution in [3.63, 3.8) is 0 Å². The van der Waals surface area contributed by atoms with E-state index in [9.17, 15) is 22.8 Å². The summed E-state index contributed by atoms with van der Waals surface area (Å²) in [5.74, 6) is -4.15. The number of hydrogen-bond acceptors (Lipinski definition) is 5. The number of halogens is 3. The molecule has 0 aromatic carbocycles. The van der Waals surface area contributed by atoms with Gasteiger partial charge in [0.05, 0.1) is 17.8 Å². The van der Waals surface area contributed by atoms with Crippen molar-refractivity contribution < 1.29 is 32.2 Å². The highest BCUT2D eigenvalue weighted by atomic mass is 32.1. The third-order valence-electron chi connectivity index (χ3n) is 3.12. The molecule has 24 heavy (non-hydrogen) atoms. The maximum Gasteiger partial charge on any atom is 0.402 e. The summed E-state index contributed by atoms with van der Waals surface area (Å²) in [5, 5.41) is 1.45. The lowest BCUT2D eigenvalue weighted by atomic mass is 10.0. The molecule has 0 aliphatic heterocycles. The van der Waals surface area contributed by atoms with Gasteiger partial charge in [-0.2, -0.15) is 13.2 Å². The van der Waals surface area contributed by atoms with E-state index < -0.39 is 36.6 Å². The highest BCUT2D eigenvalue weighted by molar-refractivity contribution is 7.10. The van der Waals surface area contributed by atoms with E-state index in [1.807, 2.05) is 0 Å². The van der Waals surface area contributed by atoms with Gasteiger partial charge < -0.3 is 9.47 Å². The van der Waals surface area contributed by atoms with Crippen LogP contribution in [0.1, 0.15) is 48.5 Å². The molecule has 1 aromatic heterocycles. The van der Waals surface area contributed by atoms with E-state index in [2.05, 4.69) is 0 Å². The largest absolute Gasteiger partial charge is 0.462 e. The van der Waals surface area contributed by atoms with Gasteiger partial charge >= 0.3 is 18.1 Å². The van der Waals surface area contributed by atoms with Crippen molar-refractivity contribution in [1.82, 2.24) is 0 Å². The van der Waals surface area contributed by atoms with Crippen molar-refractivity contribution in [3.8, 4) is 0 Å². The van der Waals surface area contributed by atoms with Crippen molar-refractivity contribution >= 4 is 23.3 Å². The van der Waals surface area contributed by atoms with E-state index in [0.717, 1.165) is 11.3 Å². The summed E-state index contributed by atoms with van der Waals surface area (Å²) in [6.45, 7) is 7.89. The SMILES string of the molecule is Cc1c(C(=O)OC(C)C)csc1CC(C(=O)OC(C)C)C(F)(F)F. The normalized spacial score (nSPS) is 13.2. The van der Waals surface area contributed by atoms with Gasteiger partial charge in [-0.3, -0.25) is 4.79 Å². The second-order valence-electron chi connectivity index (χ2n) is 5.94. The average Bonchev–Trinajstić information content (AvgIpc) is 2.74. The molecule has 0 aliphatic rings. The van der Waals surface area contributed by atoms with Crippen molar-refractivity contribution in [1.29, 1.82) is 0 Å². The number of ether oxygens (including phenoxy) is 2. The van der Waals surface area contributed by atoms with Crippen LogP contribution in [-0.2, 0) is 20.7 Å². The van der Waals surface area contributed by atoms with Gasteiger partial charge in [0.2, 0.25) is 0 Å². The van der Waals surface area contributed by atoms with Crippen LogP contribution in [0.5, 0.6) is 0 Å². The Balaban J connectivity index is 3.02. The predicted molar refractivity (Wildman–Crippen MR) is 84.1 cm³/mol. The van der Waals surface area contributed by atoms with Gasteiger partial charge in [0.1, 0.15) is 0 Å². The summed E-state index contributed by atoms with van der Waals surface area (Å²) in [5.41, 5.74) is 0.624. The summed E-state index contributed by atoms with van der Waals surface area (Å²) >= 11 is 1.00. The summed E-state index contributed by atoms with van der Waals surface area (Å²) < 4.78 is 49.3. The second-order valence-corrected chi connectivity index (χ2v) is 6.90. The Morgan fingerprint density at radius 2 is 1.67 bits per heavy atom. The van der Waals surface area contributed by atoms with Gasteiger partial charge in [-0.15, -0.1) is 11.3 Å². The van der Waals surface area contributed by atoms with Crippen LogP contribution >= 0.6 is 11.3 Å². The van der Waals surface area contributed by atoms with E-state index in [1.54, 1.807) is 20.8 Å². The molecular formula is C16H21F3O4S. The number of hydrogen-bond donors (Lipinski definition) is 0. The second kappa shape index (κ2) is 8.00. The quantitative estimate of drug-likeness (QED) is 0.705. The number of thiophene rings is 1. The molecular weight excluding hydrogens is 345 g/mol. The van der Waals surface area contributed by atoms with Crippen LogP contribution in [0.25, 0.3) is 0 Å². The first-order chi connectivity index (χ1) is 10.9. The Morgan fingerprint density at radius 1 is 1.12 bits per heavy atom. The molecule has 0 fully saturated rings. The standard InChI is InChI=1S/C16H21F3O4S/c1-8(2)22-14(20)11-7-24-13(10(11)5)6-12(16(17,18)19)15(21)23-9(3)4/h7-9,12H,6H2,1-5H3. The van der Waals surface area contributed by atoms with Crippen molar-refractivity contribution in [3.05, 3.63) is 21.4 Å². The van der Waals surface area contributed by atoms with E-state index >= 15 is 0 Å². The predicted octanol–water partition coefficient (Wildman–Crippen LogP) is 4.29. The number of esters is 2. The van der Waals surface area contributed by atoms with Gasteiger partial charge in [0, 0.05) is 16.7 Å². The van der Waals surface area contributed by atoms with Crippen molar-refractivity contribution in [2.24, 2.45) is 5.92 Å². The number of rotatable bonds is 6. The molecule has 8 heteroatoms. The number of carbonyl (C=O) groups is 2. The van der Waals surface area contributed by atoms with Crippen LogP contribution in [0, 0.1) is 12.8 Å². The third kappa shape index (κ3) is 5.51. The molecule has 4 nitrogen and oxygen atoms in total. The lowest BCUT2D eigenvalue weighted by molar-refractivity contribution is -0.199. The van der Waals surface area contributed by atoms with Gasteiger partial charge in [-0.25, -0.2) is 4.79 Å². The molecule has 0 spiro atoms. The van der Waals surface area contributed by atoms with Crippen LogP contribution in [0.4, 0.5) is 13.2 Å². The van der Waals surface area contributed by atoms with E-state index in [1.165, 1.54) is 19.2 Å². The Hall–Kier alpha value is -1.57. The smallest absolute Gasteiger partial charge is 0.402 e. The third-order valence-corrected chi connectivity index (χ3v) is 4.24. The van der Waals surface area contributed by atoms with E-state index in [0.29, 0.717) is 10.4 Å². The number of alkyl halides is 3. The minimum atomic E-state index is -4.72. The summed E-state index contributed by atoms with van der Waals surface area (Å²) in [6.07, 6.45) is -6.24. The Bertz CT molecular complexity index is 591. The fourth-order valence-corrected chi connectivity index (χ4v) is 3.05. The highest BCUT2D eigenvalue weighted by Gasteiger charge is 2.46. The molecule has 0 N–H and O–H groups in total. The Morgan fingerprint density at radius 3 is 2.12 bits per heavy atom. The molecule has 0 saturated heterocycles. The van der Waals surface area contributed by atoms with Crippen LogP contribution in [0.2, 0.25) is 0 Å². The molecule has 1 heterocycles. The molecule has 1 aromatic rings. The van der Waals surface area contributed by atoms with E-state index in [-0.39, 0.29) is 11.7 Å². The zero-order valence-electron chi connectivity index (χ0n) is 14.2. The zero-order chi connectivity index (χ0) is 18.7. The van der Waals surface area contributed by atoms with Crippen LogP contribution in [0.15, 0.2) is 5.38 Å². The fraction of sp³-hybridized carbons (Fsp3) is 0.625. The Labute approximate surface area is 142 Å². The molecule has 1 rings (SSSR count). The average molecular weight is 366 g/mol. The minimum absolute atomic E-state index is 0.224. The Kier molecular flexibility index (Phi) is 6.83. The lowest BCUT2D eigenvalue weighted by Gasteiger charge is -2.20. The molecule has 0 radical (unpaired) electrons. The first-order valence-corrected chi connectivity index (χ1v) is 8.36. The first-order valence-electron chi connectivity index (χ1n) is 7.48. The van der Waals surface area contributed by atoms with Crippen LogP contribution in [-0.4, -0.2) is 30.3 Å². The molecule has 1 atom stereocenters. The summed E-state index contributed by atoms with van der Waals surface area (Å²) in [7, 11) is 0. The molecule has 136 valence electrons. The van der Waals surface area contributed by atoms with Gasteiger partial charge in [0.15, 0.2) is 5.92 Å². The van der Waals surface area contributed by atoms with Crippen LogP contribution < -0.4 is 0 Å². The highest BCUT2D eigenvalue weighted by Crippen LogP contribution is 2.34. The van der Waals surface area contributed by atoms with E-state index in [4.69, 9.17) is 9.47 Å².